The lowest BCUT2D eigenvalue weighted by atomic mass is 9.93. The quantitative estimate of drug-likeness (QED) is 0.613. The van der Waals surface area contributed by atoms with E-state index in [-0.39, 0.29) is 5.92 Å². The van der Waals surface area contributed by atoms with Gasteiger partial charge in [-0.05, 0) is 47.9 Å². The fourth-order valence-electron chi connectivity index (χ4n) is 2.10. The smallest absolute Gasteiger partial charge is 0.119 e. The van der Waals surface area contributed by atoms with Crippen molar-refractivity contribution in [2.45, 2.75) is 12.3 Å². The third kappa shape index (κ3) is 3.91. The monoisotopic (exact) mass is 372 g/mol. The Bertz CT molecular complexity index is 569. The first-order valence-corrected chi connectivity index (χ1v) is 7.98. The molecule has 2 rings (SSSR count). The van der Waals surface area contributed by atoms with Crippen LogP contribution in [0.2, 0.25) is 5.02 Å². The summed E-state index contributed by atoms with van der Waals surface area (Å²) in [6.07, 6.45) is 0.850. The van der Waals surface area contributed by atoms with E-state index in [0.29, 0.717) is 5.88 Å². The molecule has 0 amide bonds. The average Bonchev–Trinajstić information content (AvgIpc) is 2.47. The highest BCUT2D eigenvalue weighted by atomic mass is 79.9. The van der Waals surface area contributed by atoms with Crippen molar-refractivity contribution in [2.24, 2.45) is 0 Å². The molecule has 2 aromatic carbocycles. The van der Waals surface area contributed by atoms with Gasteiger partial charge in [0, 0.05) is 21.3 Å². The van der Waals surface area contributed by atoms with E-state index in [4.69, 9.17) is 27.9 Å². The lowest BCUT2D eigenvalue weighted by Crippen LogP contribution is -2.05. The van der Waals surface area contributed by atoms with Gasteiger partial charge in [-0.3, -0.25) is 0 Å². The Morgan fingerprint density at radius 2 is 1.85 bits per heavy atom. The Morgan fingerprint density at radius 3 is 2.45 bits per heavy atom. The van der Waals surface area contributed by atoms with Crippen molar-refractivity contribution >= 4 is 39.1 Å². The maximum absolute atomic E-state index is 6.14. The van der Waals surface area contributed by atoms with Gasteiger partial charge >= 0.3 is 0 Å². The summed E-state index contributed by atoms with van der Waals surface area (Å²) in [5.41, 5.74) is 2.38. The number of methoxy groups -OCH3 is 1. The normalized spacial score (nSPS) is 12.2. The third-order valence-electron chi connectivity index (χ3n) is 3.25. The van der Waals surface area contributed by atoms with Gasteiger partial charge in [0.1, 0.15) is 5.75 Å². The van der Waals surface area contributed by atoms with Gasteiger partial charge in [0.2, 0.25) is 0 Å². The Labute approximate surface area is 138 Å². The second-order valence-corrected chi connectivity index (χ2v) is 6.16. The fourth-order valence-corrected chi connectivity index (χ4v) is 2.92. The molecule has 0 aromatic heterocycles. The molecule has 0 aliphatic rings. The zero-order chi connectivity index (χ0) is 14.5. The summed E-state index contributed by atoms with van der Waals surface area (Å²) in [5.74, 6) is 1.66. The first-order chi connectivity index (χ1) is 9.63. The van der Waals surface area contributed by atoms with Gasteiger partial charge in [-0.25, -0.2) is 0 Å². The molecule has 0 heterocycles. The molecule has 1 atom stereocenters. The van der Waals surface area contributed by atoms with Gasteiger partial charge in [-0.2, -0.15) is 0 Å². The van der Waals surface area contributed by atoms with Crippen LogP contribution in [0.15, 0.2) is 46.9 Å². The predicted molar refractivity (Wildman–Crippen MR) is 89.3 cm³/mol. The summed E-state index contributed by atoms with van der Waals surface area (Å²) in [6, 6.07) is 13.8. The molecule has 0 fully saturated rings. The van der Waals surface area contributed by atoms with Crippen LogP contribution < -0.4 is 4.74 Å². The summed E-state index contributed by atoms with van der Waals surface area (Å²) in [6.45, 7) is 0. The lowest BCUT2D eigenvalue weighted by Gasteiger charge is -2.16. The maximum Gasteiger partial charge on any atom is 0.119 e. The number of halogens is 3. The molecule has 0 N–H and O–H groups in total. The van der Waals surface area contributed by atoms with Crippen LogP contribution in [0.5, 0.6) is 5.75 Å². The van der Waals surface area contributed by atoms with Gasteiger partial charge in [-0.1, -0.05) is 39.7 Å². The Kier molecular flexibility index (Phi) is 5.76. The first kappa shape index (κ1) is 15.7. The largest absolute Gasteiger partial charge is 0.497 e. The van der Waals surface area contributed by atoms with Crippen LogP contribution in [0.25, 0.3) is 0 Å². The van der Waals surface area contributed by atoms with Crippen LogP contribution in [0, 0.1) is 0 Å². The van der Waals surface area contributed by atoms with E-state index in [0.717, 1.165) is 21.7 Å². The first-order valence-electron chi connectivity index (χ1n) is 6.28. The number of benzene rings is 2. The van der Waals surface area contributed by atoms with Crippen LogP contribution in [-0.4, -0.2) is 13.0 Å². The van der Waals surface area contributed by atoms with Crippen LogP contribution in [0.4, 0.5) is 0 Å². The molecular weight excluding hydrogens is 359 g/mol. The highest BCUT2D eigenvalue weighted by Crippen LogP contribution is 2.29. The standard InChI is InChI=1S/C16H15BrCl2O/c1-20-15-6-7-16(17)12(9-15)8-13(10-18)11-2-4-14(19)5-3-11/h2-7,9,13H,8,10H2,1H3. The van der Waals surface area contributed by atoms with Gasteiger partial charge in [0.15, 0.2) is 0 Å². The van der Waals surface area contributed by atoms with Gasteiger partial charge in [0.25, 0.3) is 0 Å². The second kappa shape index (κ2) is 7.35. The fraction of sp³-hybridized carbons (Fsp3) is 0.250. The molecule has 1 unspecified atom stereocenters. The highest BCUT2D eigenvalue weighted by Gasteiger charge is 2.14. The molecule has 0 saturated carbocycles. The van der Waals surface area contributed by atoms with Crippen molar-refractivity contribution in [1.82, 2.24) is 0 Å². The van der Waals surface area contributed by atoms with E-state index in [2.05, 4.69) is 15.9 Å². The third-order valence-corrected chi connectivity index (χ3v) is 4.64. The van der Waals surface area contributed by atoms with Crippen LogP contribution in [-0.2, 0) is 6.42 Å². The van der Waals surface area contributed by atoms with E-state index < -0.39 is 0 Å². The minimum atomic E-state index is 0.248. The minimum Gasteiger partial charge on any atom is -0.497 e. The Morgan fingerprint density at radius 1 is 1.15 bits per heavy atom. The molecule has 2 aromatic rings. The minimum absolute atomic E-state index is 0.248. The zero-order valence-corrected chi connectivity index (χ0v) is 14.2. The van der Waals surface area contributed by atoms with Crippen LogP contribution >= 0.6 is 39.1 Å². The number of rotatable bonds is 5. The van der Waals surface area contributed by atoms with Crippen LogP contribution in [0.3, 0.4) is 0 Å². The second-order valence-electron chi connectivity index (χ2n) is 4.56. The Balaban J connectivity index is 2.23. The number of ether oxygens (including phenoxy) is 1. The van der Waals surface area contributed by atoms with Gasteiger partial charge in [-0.15, -0.1) is 11.6 Å². The van der Waals surface area contributed by atoms with Crippen molar-refractivity contribution in [1.29, 1.82) is 0 Å². The topological polar surface area (TPSA) is 9.23 Å². The summed E-state index contributed by atoms with van der Waals surface area (Å²) in [4.78, 5) is 0. The van der Waals surface area contributed by atoms with E-state index in [1.807, 2.05) is 42.5 Å². The van der Waals surface area contributed by atoms with E-state index in [1.165, 1.54) is 11.1 Å². The molecule has 0 aliphatic carbocycles. The molecule has 0 radical (unpaired) electrons. The summed E-state index contributed by atoms with van der Waals surface area (Å²) in [7, 11) is 1.67. The number of hydrogen-bond donors (Lipinski definition) is 0. The zero-order valence-electron chi connectivity index (χ0n) is 11.1. The lowest BCUT2D eigenvalue weighted by molar-refractivity contribution is 0.414. The summed E-state index contributed by atoms with van der Waals surface area (Å²) in [5, 5.41) is 0.740. The van der Waals surface area contributed by atoms with Gasteiger partial charge in [0.05, 0.1) is 7.11 Å². The molecule has 4 heteroatoms. The number of alkyl halides is 1. The van der Waals surface area contributed by atoms with Crippen molar-refractivity contribution in [3.8, 4) is 5.75 Å². The molecule has 1 nitrogen and oxygen atoms in total. The number of hydrogen-bond acceptors (Lipinski definition) is 1. The summed E-state index contributed by atoms with van der Waals surface area (Å²) < 4.78 is 6.35. The molecule has 106 valence electrons. The average molecular weight is 374 g/mol. The molecular formula is C16H15BrCl2O. The Hall–Kier alpha value is -0.700. The molecule has 0 bridgehead atoms. The SMILES string of the molecule is COc1ccc(Br)c(CC(CCl)c2ccc(Cl)cc2)c1. The van der Waals surface area contributed by atoms with Crippen molar-refractivity contribution in [2.75, 3.05) is 13.0 Å². The van der Waals surface area contributed by atoms with Crippen molar-refractivity contribution in [3.05, 3.63) is 63.1 Å². The maximum atomic E-state index is 6.14. The predicted octanol–water partition coefficient (Wildman–Crippen LogP) is 5.68. The molecule has 0 saturated heterocycles. The van der Waals surface area contributed by atoms with Crippen molar-refractivity contribution in [3.63, 3.8) is 0 Å². The molecule has 0 spiro atoms. The van der Waals surface area contributed by atoms with Gasteiger partial charge < -0.3 is 4.74 Å². The molecule has 20 heavy (non-hydrogen) atoms. The van der Waals surface area contributed by atoms with Crippen molar-refractivity contribution < 1.29 is 4.74 Å². The van der Waals surface area contributed by atoms with E-state index in [9.17, 15) is 0 Å². The molecule has 0 aliphatic heterocycles. The van der Waals surface area contributed by atoms with E-state index in [1.54, 1.807) is 7.11 Å². The highest BCUT2D eigenvalue weighted by molar-refractivity contribution is 9.10. The van der Waals surface area contributed by atoms with Crippen LogP contribution in [0.1, 0.15) is 17.0 Å². The summed E-state index contributed by atoms with van der Waals surface area (Å²) >= 11 is 15.6. The van der Waals surface area contributed by atoms with E-state index >= 15 is 0 Å².